The Kier molecular flexibility index (Phi) is 4.94. The molecule has 0 aliphatic rings. The molecule has 9 nitrogen and oxygen atoms in total. The number of hydrogen-bond donors (Lipinski definition) is 2. The van der Waals surface area contributed by atoms with Crippen molar-refractivity contribution in [1.29, 1.82) is 0 Å². The molecule has 0 saturated heterocycles. The summed E-state index contributed by atoms with van der Waals surface area (Å²) in [5.74, 6) is 2.68. The first kappa shape index (κ1) is 18.0. The third kappa shape index (κ3) is 3.96. The van der Waals surface area contributed by atoms with Crippen LogP contribution in [0.3, 0.4) is 0 Å². The molecule has 0 amide bonds. The first-order chi connectivity index (χ1) is 13.6. The number of benzene rings is 1. The van der Waals surface area contributed by atoms with Crippen molar-refractivity contribution in [3.63, 3.8) is 0 Å². The van der Waals surface area contributed by atoms with Crippen molar-refractivity contribution < 1.29 is 4.42 Å². The minimum atomic E-state index is 0.0978. The van der Waals surface area contributed by atoms with Crippen LogP contribution in [0.1, 0.15) is 17.1 Å². The Hall–Kier alpha value is -3.40. The topological polar surface area (TPSA) is 135 Å². The van der Waals surface area contributed by atoms with Gasteiger partial charge in [0.2, 0.25) is 11.9 Å². The molecular formula is C18H18N8OS. The number of anilines is 2. The first-order valence-electron chi connectivity index (χ1n) is 8.50. The van der Waals surface area contributed by atoms with Gasteiger partial charge in [0.05, 0.1) is 18.6 Å². The Labute approximate surface area is 165 Å². The number of nitrogen functional groups attached to an aromatic ring is 2. The summed E-state index contributed by atoms with van der Waals surface area (Å²) in [5.41, 5.74) is 13.4. The Morgan fingerprint density at radius 2 is 1.86 bits per heavy atom. The Morgan fingerprint density at radius 1 is 1.04 bits per heavy atom. The monoisotopic (exact) mass is 394 g/mol. The lowest BCUT2D eigenvalue weighted by molar-refractivity contribution is 0.485. The highest BCUT2D eigenvalue weighted by Gasteiger charge is 2.17. The van der Waals surface area contributed by atoms with Crippen LogP contribution in [-0.2, 0) is 12.3 Å². The number of rotatable bonds is 6. The van der Waals surface area contributed by atoms with E-state index in [0.717, 1.165) is 22.7 Å². The fourth-order valence-corrected chi connectivity index (χ4v) is 3.54. The van der Waals surface area contributed by atoms with Crippen LogP contribution < -0.4 is 11.5 Å². The van der Waals surface area contributed by atoms with Crippen LogP contribution in [0.5, 0.6) is 0 Å². The molecule has 0 unspecified atom stereocenters. The lowest BCUT2D eigenvalue weighted by atomic mass is 10.1. The Morgan fingerprint density at radius 3 is 2.57 bits per heavy atom. The predicted octanol–water partition coefficient (Wildman–Crippen LogP) is 2.54. The van der Waals surface area contributed by atoms with Crippen molar-refractivity contribution in [3.8, 4) is 11.4 Å². The highest BCUT2D eigenvalue weighted by molar-refractivity contribution is 7.98. The SMILES string of the molecule is Cc1cccc(-c2nnc(SCc3nc(N)nc(N)n3)n2Cc2ccco2)c1. The van der Waals surface area contributed by atoms with E-state index >= 15 is 0 Å². The highest BCUT2D eigenvalue weighted by Crippen LogP contribution is 2.27. The predicted molar refractivity (Wildman–Crippen MR) is 106 cm³/mol. The molecule has 4 N–H and O–H groups in total. The molecule has 142 valence electrons. The molecular weight excluding hydrogens is 376 g/mol. The van der Waals surface area contributed by atoms with E-state index in [9.17, 15) is 0 Å². The van der Waals surface area contributed by atoms with Gasteiger partial charge in [-0.25, -0.2) is 0 Å². The van der Waals surface area contributed by atoms with Crippen LogP contribution >= 0.6 is 11.8 Å². The average Bonchev–Trinajstić information content (AvgIpc) is 3.30. The van der Waals surface area contributed by atoms with Gasteiger partial charge in [0.1, 0.15) is 11.6 Å². The molecule has 0 radical (unpaired) electrons. The smallest absolute Gasteiger partial charge is 0.225 e. The summed E-state index contributed by atoms with van der Waals surface area (Å²) in [5, 5.41) is 9.48. The van der Waals surface area contributed by atoms with E-state index in [4.69, 9.17) is 15.9 Å². The van der Waals surface area contributed by atoms with Gasteiger partial charge in [0.25, 0.3) is 0 Å². The van der Waals surface area contributed by atoms with Gasteiger partial charge >= 0.3 is 0 Å². The zero-order valence-corrected chi connectivity index (χ0v) is 15.9. The van der Waals surface area contributed by atoms with Gasteiger partial charge in [-0.3, -0.25) is 4.57 Å². The summed E-state index contributed by atoms with van der Waals surface area (Å²) in [6.07, 6.45) is 1.65. The van der Waals surface area contributed by atoms with Gasteiger partial charge in [-0.1, -0.05) is 35.5 Å². The van der Waals surface area contributed by atoms with Crippen molar-refractivity contribution in [2.75, 3.05) is 11.5 Å². The molecule has 1 aromatic carbocycles. The van der Waals surface area contributed by atoms with Gasteiger partial charge in [-0.15, -0.1) is 10.2 Å². The van der Waals surface area contributed by atoms with Crippen molar-refractivity contribution in [2.45, 2.75) is 24.4 Å². The lowest BCUT2D eigenvalue weighted by Crippen LogP contribution is -2.07. The molecule has 4 aromatic rings. The van der Waals surface area contributed by atoms with Crippen LogP contribution in [0.2, 0.25) is 0 Å². The second-order valence-electron chi connectivity index (χ2n) is 6.10. The summed E-state index contributed by atoms with van der Waals surface area (Å²) in [6.45, 7) is 2.55. The fourth-order valence-electron chi connectivity index (χ4n) is 2.74. The van der Waals surface area contributed by atoms with Crippen LogP contribution in [0.25, 0.3) is 11.4 Å². The molecule has 10 heteroatoms. The quantitative estimate of drug-likeness (QED) is 0.473. The second kappa shape index (κ2) is 7.69. The molecule has 0 aliphatic heterocycles. The van der Waals surface area contributed by atoms with Gasteiger partial charge < -0.3 is 15.9 Å². The van der Waals surface area contributed by atoms with E-state index in [2.05, 4.69) is 31.2 Å². The number of nitrogens with zero attached hydrogens (tertiary/aromatic N) is 6. The minimum absolute atomic E-state index is 0.0978. The maximum atomic E-state index is 5.65. The molecule has 0 bridgehead atoms. The summed E-state index contributed by atoms with van der Waals surface area (Å²) < 4.78 is 7.53. The number of aromatic nitrogens is 6. The molecule has 3 aromatic heterocycles. The molecule has 28 heavy (non-hydrogen) atoms. The standard InChI is InChI=1S/C18H18N8OS/c1-11-4-2-5-12(8-11)15-24-25-18(26(15)9-13-6-3-7-27-13)28-10-14-21-16(19)23-17(20)22-14/h2-8H,9-10H2,1H3,(H4,19,20,21,22,23). The zero-order chi connectivity index (χ0) is 19.5. The summed E-state index contributed by atoms with van der Waals surface area (Å²) in [7, 11) is 0. The van der Waals surface area contributed by atoms with Crippen LogP contribution in [0.4, 0.5) is 11.9 Å². The minimum Gasteiger partial charge on any atom is -0.467 e. The van der Waals surface area contributed by atoms with Crippen LogP contribution in [-0.4, -0.2) is 29.7 Å². The third-order valence-corrected chi connectivity index (χ3v) is 4.90. The molecule has 0 saturated carbocycles. The van der Waals surface area contributed by atoms with Crippen LogP contribution in [0, 0.1) is 6.92 Å². The number of aryl methyl sites for hydroxylation is 1. The number of thioether (sulfide) groups is 1. The number of furan rings is 1. The maximum Gasteiger partial charge on any atom is 0.225 e. The van der Waals surface area contributed by atoms with E-state index in [1.807, 2.05) is 41.8 Å². The first-order valence-corrected chi connectivity index (χ1v) is 9.48. The summed E-state index contributed by atoms with van der Waals surface area (Å²) in [6, 6.07) is 11.9. The van der Waals surface area contributed by atoms with Crippen molar-refractivity contribution in [3.05, 3.63) is 59.8 Å². The van der Waals surface area contributed by atoms with E-state index in [1.165, 1.54) is 11.8 Å². The van der Waals surface area contributed by atoms with Crippen LogP contribution in [0.15, 0.2) is 52.2 Å². The summed E-state index contributed by atoms with van der Waals surface area (Å²) >= 11 is 1.44. The van der Waals surface area contributed by atoms with E-state index < -0.39 is 0 Å². The van der Waals surface area contributed by atoms with E-state index in [0.29, 0.717) is 23.3 Å². The average molecular weight is 394 g/mol. The highest BCUT2D eigenvalue weighted by atomic mass is 32.2. The normalized spacial score (nSPS) is 11.0. The van der Waals surface area contributed by atoms with Crippen molar-refractivity contribution in [2.24, 2.45) is 0 Å². The van der Waals surface area contributed by atoms with Gasteiger partial charge in [0.15, 0.2) is 11.0 Å². The van der Waals surface area contributed by atoms with Gasteiger partial charge in [-0.05, 0) is 25.1 Å². The zero-order valence-electron chi connectivity index (χ0n) is 15.1. The second-order valence-corrected chi connectivity index (χ2v) is 7.04. The molecule has 0 spiro atoms. The molecule has 3 heterocycles. The number of nitrogens with two attached hydrogens (primary N) is 2. The Balaban J connectivity index is 1.66. The maximum absolute atomic E-state index is 5.65. The van der Waals surface area contributed by atoms with Gasteiger partial charge in [0, 0.05) is 5.56 Å². The van der Waals surface area contributed by atoms with Gasteiger partial charge in [-0.2, -0.15) is 15.0 Å². The third-order valence-electron chi connectivity index (χ3n) is 3.93. The molecule has 0 aliphatic carbocycles. The number of hydrogen-bond acceptors (Lipinski definition) is 9. The van der Waals surface area contributed by atoms with E-state index in [-0.39, 0.29) is 11.9 Å². The summed E-state index contributed by atoms with van der Waals surface area (Å²) in [4.78, 5) is 12.0. The fraction of sp³-hybridized carbons (Fsp3) is 0.167. The largest absolute Gasteiger partial charge is 0.467 e. The van der Waals surface area contributed by atoms with Crippen molar-refractivity contribution in [1.82, 2.24) is 29.7 Å². The lowest BCUT2D eigenvalue weighted by Gasteiger charge is -2.09. The Bertz CT molecular complexity index is 1070. The van der Waals surface area contributed by atoms with E-state index in [1.54, 1.807) is 6.26 Å². The van der Waals surface area contributed by atoms with Crippen molar-refractivity contribution >= 4 is 23.7 Å². The molecule has 0 atom stereocenters. The molecule has 0 fully saturated rings. The molecule has 4 rings (SSSR count).